The minimum atomic E-state index is -5.08. The molecule has 15 heteroatoms. The molecule has 1 aliphatic heterocycles. The number of nitrogens with one attached hydrogen (secondary N) is 2. The lowest BCUT2D eigenvalue weighted by Gasteiger charge is -2.16. The van der Waals surface area contributed by atoms with E-state index >= 15 is 0 Å². The number of nitrogen functional groups attached to an aromatic ring is 1. The van der Waals surface area contributed by atoms with Crippen LogP contribution < -0.4 is 21.9 Å². The molecule has 0 fully saturated rings. The number of hydrogen-bond acceptors (Lipinski definition) is 8. The number of aromatic nitrogens is 5. The summed E-state index contributed by atoms with van der Waals surface area (Å²) < 4.78 is 35.1. The van der Waals surface area contributed by atoms with Crippen molar-refractivity contribution in [1.82, 2.24) is 29.6 Å². The number of carbonyl (C=O) groups excluding carboxylic acids is 1. The molecule has 0 spiro atoms. The molecule has 0 unspecified atom stereocenters. The second kappa shape index (κ2) is 12.5. The first kappa shape index (κ1) is 29.8. The molecule has 4 heterocycles. The molecule has 0 saturated carbocycles. The molecular weight excluding hydrogens is 557 g/mol. The van der Waals surface area contributed by atoms with E-state index in [2.05, 4.69) is 25.7 Å². The van der Waals surface area contributed by atoms with Gasteiger partial charge in [0, 0.05) is 42.4 Å². The van der Waals surface area contributed by atoms with Crippen LogP contribution in [0.25, 0.3) is 5.69 Å². The Morgan fingerprint density at radius 2 is 1.83 bits per heavy atom. The van der Waals surface area contributed by atoms with Gasteiger partial charge in [0.2, 0.25) is 5.91 Å². The summed E-state index contributed by atoms with van der Waals surface area (Å²) in [5.74, 6) is -2.32. The Kier molecular flexibility index (Phi) is 8.88. The quantitative estimate of drug-likeness (QED) is 0.255. The molecule has 0 saturated heterocycles. The highest BCUT2D eigenvalue weighted by atomic mass is 19.4. The second-order valence-electron chi connectivity index (χ2n) is 9.31. The van der Waals surface area contributed by atoms with Gasteiger partial charge in [-0.05, 0) is 43.5 Å². The first-order valence-corrected chi connectivity index (χ1v) is 12.7. The summed E-state index contributed by atoms with van der Waals surface area (Å²) in [5.41, 5.74) is 9.65. The predicted molar refractivity (Wildman–Crippen MR) is 146 cm³/mol. The van der Waals surface area contributed by atoms with Crippen molar-refractivity contribution in [2.24, 2.45) is 0 Å². The molecule has 1 amide bonds. The average molecular weight is 585 g/mol. The highest BCUT2D eigenvalue weighted by Gasteiger charge is 2.38. The zero-order chi connectivity index (χ0) is 30.4. The maximum Gasteiger partial charge on any atom is 0.490 e. The van der Waals surface area contributed by atoms with Crippen molar-refractivity contribution in [3.63, 3.8) is 0 Å². The lowest BCUT2D eigenvalue weighted by Crippen LogP contribution is -2.36. The number of benzene rings is 1. The number of aliphatic carboxylic acids is 1. The van der Waals surface area contributed by atoms with Gasteiger partial charge < -0.3 is 21.5 Å². The van der Waals surface area contributed by atoms with Crippen LogP contribution in [0.3, 0.4) is 0 Å². The van der Waals surface area contributed by atoms with Gasteiger partial charge in [0.1, 0.15) is 11.9 Å². The van der Waals surface area contributed by atoms with E-state index in [9.17, 15) is 22.8 Å². The van der Waals surface area contributed by atoms with Crippen LogP contribution in [0.5, 0.6) is 0 Å². The fourth-order valence-electron chi connectivity index (χ4n) is 4.27. The second-order valence-corrected chi connectivity index (χ2v) is 9.31. The Hall–Kier alpha value is -5.21. The van der Waals surface area contributed by atoms with Crippen LogP contribution in [-0.4, -0.2) is 47.5 Å². The molecule has 12 nitrogen and oxygen atoms in total. The molecule has 1 aliphatic rings. The zero-order valence-electron chi connectivity index (χ0n) is 22.3. The SMILES string of the molecule is Cc1nc(N)ccc1CNC(=O)[C@@H]1CCc2cnc(NCc3cnn(-c4ccccc4)c3)c(=O)n21.O=C(O)C(F)(F)F. The Bertz CT molecular complexity index is 1640. The van der Waals surface area contributed by atoms with Crippen LogP contribution in [-0.2, 0) is 29.1 Å². The fraction of sp³-hybridized carbons (Fsp3) is 0.259. The molecule has 220 valence electrons. The van der Waals surface area contributed by atoms with Crippen LogP contribution in [0, 0.1) is 6.92 Å². The van der Waals surface area contributed by atoms with Gasteiger partial charge in [-0.3, -0.25) is 14.2 Å². The summed E-state index contributed by atoms with van der Waals surface area (Å²) in [6.07, 6.45) is 1.40. The van der Waals surface area contributed by atoms with Gasteiger partial charge in [-0.25, -0.2) is 19.4 Å². The van der Waals surface area contributed by atoms with E-state index in [-0.39, 0.29) is 17.3 Å². The Balaban J connectivity index is 0.000000517. The normalized spacial score (nSPS) is 14.0. The maximum atomic E-state index is 13.2. The van der Waals surface area contributed by atoms with Crippen molar-refractivity contribution in [2.45, 2.75) is 45.1 Å². The number of aryl methyl sites for hydroxylation is 2. The van der Waals surface area contributed by atoms with Crippen molar-refractivity contribution in [1.29, 1.82) is 0 Å². The van der Waals surface area contributed by atoms with Crippen LogP contribution >= 0.6 is 0 Å². The predicted octanol–water partition coefficient (Wildman–Crippen LogP) is 2.76. The third-order valence-electron chi connectivity index (χ3n) is 6.39. The van der Waals surface area contributed by atoms with Crippen molar-refractivity contribution < 1.29 is 27.9 Å². The molecule has 4 aromatic rings. The lowest BCUT2D eigenvalue weighted by molar-refractivity contribution is -0.192. The largest absolute Gasteiger partial charge is 0.490 e. The Morgan fingerprint density at radius 3 is 2.50 bits per heavy atom. The number of pyridine rings is 1. The summed E-state index contributed by atoms with van der Waals surface area (Å²) in [4.78, 5) is 43.6. The molecular formula is C27H27F3N8O4. The number of nitrogens with two attached hydrogens (primary N) is 1. The zero-order valence-corrected chi connectivity index (χ0v) is 22.3. The number of fused-ring (bicyclic) bond motifs is 1. The molecule has 42 heavy (non-hydrogen) atoms. The van der Waals surface area contributed by atoms with Gasteiger partial charge in [-0.15, -0.1) is 0 Å². The summed E-state index contributed by atoms with van der Waals surface area (Å²) in [6, 6.07) is 12.8. The van der Waals surface area contributed by atoms with Crippen LogP contribution in [0.1, 0.15) is 35.0 Å². The van der Waals surface area contributed by atoms with Gasteiger partial charge >= 0.3 is 12.1 Å². The number of rotatable bonds is 7. The minimum absolute atomic E-state index is 0.205. The van der Waals surface area contributed by atoms with Crippen LogP contribution in [0.2, 0.25) is 0 Å². The number of carbonyl (C=O) groups is 2. The summed E-state index contributed by atoms with van der Waals surface area (Å²) >= 11 is 0. The average Bonchev–Trinajstić information content (AvgIpc) is 3.60. The minimum Gasteiger partial charge on any atom is -0.475 e. The van der Waals surface area contributed by atoms with E-state index in [1.165, 1.54) is 0 Å². The highest BCUT2D eigenvalue weighted by molar-refractivity contribution is 5.81. The monoisotopic (exact) mass is 584 g/mol. The number of amides is 1. The molecule has 0 aliphatic carbocycles. The summed E-state index contributed by atoms with van der Waals surface area (Å²) in [7, 11) is 0. The van der Waals surface area contributed by atoms with E-state index in [4.69, 9.17) is 15.6 Å². The van der Waals surface area contributed by atoms with E-state index in [1.54, 1.807) is 27.7 Å². The molecule has 5 rings (SSSR count). The van der Waals surface area contributed by atoms with Gasteiger partial charge in [-0.2, -0.15) is 18.3 Å². The smallest absolute Gasteiger partial charge is 0.475 e. The topological polar surface area (TPSA) is 170 Å². The number of alkyl halides is 3. The van der Waals surface area contributed by atoms with Gasteiger partial charge in [0.25, 0.3) is 5.56 Å². The van der Waals surface area contributed by atoms with Crippen molar-refractivity contribution in [2.75, 3.05) is 11.1 Å². The molecule has 0 radical (unpaired) electrons. The van der Waals surface area contributed by atoms with Crippen molar-refractivity contribution >= 4 is 23.5 Å². The van der Waals surface area contributed by atoms with E-state index in [0.29, 0.717) is 31.7 Å². The first-order chi connectivity index (χ1) is 19.9. The number of anilines is 2. The number of carboxylic acid groups (broad SMARTS) is 1. The van der Waals surface area contributed by atoms with Crippen LogP contribution in [0.4, 0.5) is 24.8 Å². The number of halogens is 3. The highest BCUT2D eigenvalue weighted by Crippen LogP contribution is 2.24. The number of hydrogen-bond donors (Lipinski definition) is 4. The van der Waals surface area contributed by atoms with Gasteiger partial charge in [0.15, 0.2) is 5.82 Å². The molecule has 0 bridgehead atoms. The molecule has 5 N–H and O–H groups in total. The lowest BCUT2D eigenvalue weighted by atomic mass is 10.1. The van der Waals surface area contributed by atoms with Crippen LogP contribution in [0.15, 0.2) is 65.8 Å². The Morgan fingerprint density at radius 1 is 1.12 bits per heavy atom. The van der Waals surface area contributed by atoms with E-state index in [0.717, 1.165) is 28.2 Å². The Labute approximate surface area is 237 Å². The van der Waals surface area contributed by atoms with E-state index in [1.807, 2.05) is 49.5 Å². The summed E-state index contributed by atoms with van der Waals surface area (Å²) in [5, 5.41) is 17.5. The standard InChI is InChI=1S/C25H26N8O2.C2HF3O2/c1-16-18(7-10-22(26)31-16)13-29-24(34)21-9-8-20-14-28-23(25(35)33(20)21)27-11-17-12-30-32(15-17)19-5-3-2-4-6-19;3-2(4,5)1(6)7/h2-7,10,12,14-15,21H,8-9,11,13H2,1H3,(H2,26,31)(H,27,28)(H,29,34);(H,6,7)/t21-;/m0./s1. The molecule has 1 atom stereocenters. The van der Waals surface area contributed by atoms with Gasteiger partial charge in [-0.1, -0.05) is 24.3 Å². The molecule has 1 aromatic carbocycles. The maximum absolute atomic E-state index is 13.2. The van der Waals surface area contributed by atoms with Crippen molar-refractivity contribution in [3.05, 3.63) is 93.9 Å². The third kappa shape index (κ3) is 7.10. The fourth-order valence-corrected chi connectivity index (χ4v) is 4.27. The number of carboxylic acids is 1. The third-order valence-corrected chi connectivity index (χ3v) is 6.39. The van der Waals surface area contributed by atoms with E-state index < -0.39 is 18.2 Å². The van der Waals surface area contributed by atoms with Gasteiger partial charge in [0.05, 0.1) is 11.9 Å². The first-order valence-electron chi connectivity index (χ1n) is 12.7. The number of nitrogens with zero attached hydrogens (tertiary/aromatic N) is 5. The number of para-hydroxylation sites is 1. The summed E-state index contributed by atoms with van der Waals surface area (Å²) in [6.45, 7) is 2.55. The molecule has 3 aromatic heterocycles. The van der Waals surface area contributed by atoms with Crippen molar-refractivity contribution in [3.8, 4) is 5.69 Å².